The number of likely N-dealkylation sites (tertiary alicyclic amines) is 1. The molecule has 0 saturated carbocycles. The van der Waals surface area contributed by atoms with E-state index >= 15 is 0 Å². The number of ether oxygens (including phenoxy) is 1. The lowest BCUT2D eigenvalue weighted by molar-refractivity contribution is -0.122. The molecule has 1 saturated heterocycles. The monoisotopic (exact) mass is 408 g/mol. The lowest BCUT2D eigenvalue weighted by atomic mass is 9.88. The Morgan fingerprint density at radius 1 is 0.967 bits per heavy atom. The van der Waals surface area contributed by atoms with E-state index in [2.05, 4.69) is 29.6 Å². The van der Waals surface area contributed by atoms with Crippen molar-refractivity contribution in [3.63, 3.8) is 0 Å². The van der Waals surface area contributed by atoms with Gasteiger partial charge in [-0.15, -0.1) is 0 Å². The van der Waals surface area contributed by atoms with Crippen LogP contribution in [0.2, 0.25) is 0 Å². The summed E-state index contributed by atoms with van der Waals surface area (Å²) >= 11 is 0. The van der Waals surface area contributed by atoms with Crippen molar-refractivity contribution in [3.8, 4) is 0 Å². The molecular weight excluding hydrogens is 376 g/mol. The highest BCUT2D eigenvalue weighted by Gasteiger charge is 2.28. The molecule has 0 bridgehead atoms. The SMILES string of the molecule is CC(C)(C)OC(=O)N1CCC(NC(=O)CC(c2ccccc2)c2ccccc2)CC1. The maximum Gasteiger partial charge on any atom is 0.410 e. The van der Waals surface area contributed by atoms with Crippen LogP contribution in [0.4, 0.5) is 4.79 Å². The minimum absolute atomic E-state index is 0.0225. The fourth-order valence-electron chi connectivity index (χ4n) is 3.80. The fraction of sp³-hybridized carbons (Fsp3) is 0.440. The van der Waals surface area contributed by atoms with Gasteiger partial charge >= 0.3 is 6.09 Å². The molecule has 2 amide bonds. The lowest BCUT2D eigenvalue weighted by Gasteiger charge is -2.34. The summed E-state index contributed by atoms with van der Waals surface area (Å²) in [6, 6.07) is 20.4. The van der Waals surface area contributed by atoms with Crippen molar-refractivity contribution in [3.05, 3.63) is 71.8 Å². The zero-order valence-corrected chi connectivity index (χ0v) is 18.1. The zero-order chi connectivity index (χ0) is 21.6. The van der Waals surface area contributed by atoms with Crippen LogP contribution in [0.25, 0.3) is 0 Å². The Balaban J connectivity index is 1.56. The molecule has 5 nitrogen and oxygen atoms in total. The van der Waals surface area contributed by atoms with Crippen LogP contribution < -0.4 is 5.32 Å². The third-order valence-corrected chi connectivity index (χ3v) is 5.31. The van der Waals surface area contributed by atoms with Gasteiger partial charge in [-0.05, 0) is 44.7 Å². The number of rotatable bonds is 5. The van der Waals surface area contributed by atoms with Gasteiger partial charge in [0.2, 0.25) is 5.91 Å². The molecule has 2 aromatic rings. The maximum absolute atomic E-state index is 12.9. The molecule has 1 aliphatic rings. The first-order chi connectivity index (χ1) is 14.3. The molecule has 0 spiro atoms. The average molecular weight is 409 g/mol. The molecule has 0 aromatic heterocycles. The van der Waals surface area contributed by atoms with Gasteiger partial charge in [0.25, 0.3) is 0 Å². The Kier molecular flexibility index (Phi) is 7.14. The van der Waals surface area contributed by atoms with E-state index in [0.29, 0.717) is 19.5 Å². The third-order valence-electron chi connectivity index (χ3n) is 5.31. The smallest absolute Gasteiger partial charge is 0.410 e. The molecule has 1 aliphatic heterocycles. The Hall–Kier alpha value is -2.82. The molecule has 0 aliphatic carbocycles. The summed E-state index contributed by atoms with van der Waals surface area (Å²) in [6.45, 7) is 6.80. The van der Waals surface area contributed by atoms with Crippen molar-refractivity contribution in [2.75, 3.05) is 13.1 Å². The van der Waals surface area contributed by atoms with Crippen LogP contribution in [0.5, 0.6) is 0 Å². The molecule has 3 rings (SSSR count). The summed E-state index contributed by atoms with van der Waals surface area (Å²) in [4.78, 5) is 26.8. The standard InChI is InChI=1S/C25H32N2O3/c1-25(2,3)30-24(29)27-16-14-21(15-17-27)26-23(28)18-22(19-10-6-4-7-11-19)20-12-8-5-9-13-20/h4-13,21-22H,14-18H2,1-3H3,(H,26,28). The van der Waals surface area contributed by atoms with Crippen LogP contribution in [0.15, 0.2) is 60.7 Å². The van der Waals surface area contributed by atoms with E-state index in [9.17, 15) is 9.59 Å². The van der Waals surface area contributed by atoms with E-state index in [4.69, 9.17) is 4.74 Å². The van der Waals surface area contributed by atoms with Crippen LogP contribution in [0.1, 0.15) is 57.1 Å². The van der Waals surface area contributed by atoms with E-state index in [0.717, 1.165) is 24.0 Å². The predicted molar refractivity (Wildman–Crippen MR) is 118 cm³/mol. The van der Waals surface area contributed by atoms with Crippen LogP contribution in [0, 0.1) is 0 Å². The van der Waals surface area contributed by atoms with Gasteiger partial charge in [0.1, 0.15) is 5.60 Å². The molecule has 5 heteroatoms. The van der Waals surface area contributed by atoms with Gasteiger partial charge in [0, 0.05) is 31.5 Å². The Labute approximate surface area is 179 Å². The predicted octanol–water partition coefficient (Wildman–Crippen LogP) is 4.72. The molecular formula is C25H32N2O3. The second kappa shape index (κ2) is 9.79. The van der Waals surface area contributed by atoms with Gasteiger partial charge < -0.3 is 15.0 Å². The van der Waals surface area contributed by atoms with Gasteiger partial charge in [0.05, 0.1) is 0 Å². The Morgan fingerprint density at radius 2 is 1.47 bits per heavy atom. The molecule has 160 valence electrons. The van der Waals surface area contributed by atoms with E-state index < -0.39 is 5.60 Å². The summed E-state index contributed by atoms with van der Waals surface area (Å²) in [6.07, 6.45) is 1.61. The van der Waals surface area contributed by atoms with E-state index in [1.807, 2.05) is 57.2 Å². The number of nitrogens with zero attached hydrogens (tertiary/aromatic N) is 1. The largest absolute Gasteiger partial charge is 0.444 e. The molecule has 0 atom stereocenters. The molecule has 1 fully saturated rings. The molecule has 1 N–H and O–H groups in total. The summed E-state index contributed by atoms with van der Waals surface area (Å²) in [7, 11) is 0. The highest BCUT2D eigenvalue weighted by Crippen LogP contribution is 2.28. The summed E-state index contributed by atoms with van der Waals surface area (Å²) in [5.41, 5.74) is 1.78. The number of piperidine rings is 1. The maximum atomic E-state index is 12.9. The normalized spacial score (nSPS) is 15.1. The van der Waals surface area contributed by atoms with Crippen molar-refractivity contribution >= 4 is 12.0 Å². The van der Waals surface area contributed by atoms with Crippen molar-refractivity contribution in [2.24, 2.45) is 0 Å². The average Bonchev–Trinajstić information content (AvgIpc) is 2.72. The topological polar surface area (TPSA) is 58.6 Å². The summed E-state index contributed by atoms with van der Waals surface area (Å²) in [5, 5.41) is 3.18. The number of benzene rings is 2. The lowest BCUT2D eigenvalue weighted by Crippen LogP contribution is -2.48. The quantitative estimate of drug-likeness (QED) is 0.778. The van der Waals surface area contributed by atoms with Crippen LogP contribution >= 0.6 is 0 Å². The van der Waals surface area contributed by atoms with E-state index in [1.54, 1.807) is 4.90 Å². The van der Waals surface area contributed by atoms with Gasteiger partial charge in [-0.3, -0.25) is 4.79 Å². The number of nitrogens with one attached hydrogen (secondary N) is 1. The number of hydrogen-bond donors (Lipinski definition) is 1. The van der Waals surface area contributed by atoms with Crippen LogP contribution in [0.3, 0.4) is 0 Å². The Bertz CT molecular complexity index is 783. The van der Waals surface area contributed by atoms with Gasteiger partial charge in [-0.1, -0.05) is 60.7 Å². The number of carbonyl (C=O) groups excluding carboxylic acids is 2. The van der Waals surface area contributed by atoms with Crippen molar-refractivity contribution in [2.45, 2.75) is 57.6 Å². The van der Waals surface area contributed by atoms with Crippen molar-refractivity contribution in [1.29, 1.82) is 0 Å². The first-order valence-corrected chi connectivity index (χ1v) is 10.7. The van der Waals surface area contributed by atoms with Crippen molar-refractivity contribution < 1.29 is 14.3 Å². The second-order valence-electron chi connectivity index (χ2n) is 8.89. The van der Waals surface area contributed by atoms with Crippen molar-refractivity contribution in [1.82, 2.24) is 10.2 Å². The first-order valence-electron chi connectivity index (χ1n) is 10.7. The zero-order valence-electron chi connectivity index (χ0n) is 18.1. The van der Waals surface area contributed by atoms with E-state index in [-0.39, 0.29) is 24.0 Å². The van der Waals surface area contributed by atoms with Crippen LogP contribution in [-0.4, -0.2) is 41.6 Å². The van der Waals surface area contributed by atoms with Gasteiger partial charge in [-0.25, -0.2) is 4.79 Å². The molecule has 0 unspecified atom stereocenters. The van der Waals surface area contributed by atoms with Gasteiger partial charge in [-0.2, -0.15) is 0 Å². The molecule has 0 radical (unpaired) electrons. The summed E-state index contributed by atoms with van der Waals surface area (Å²) < 4.78 is 5.44. The Morgan fingerprint density at radius 3 is 1.93 bits per heavy atom. The highest BCUT2D eigenvalue weighted by atomic mass is 16.6. The summed E-state index contributed by atoms with van der Waals surface area (Å²) in [5.74, 6) is 0.0673. The minimum Gasteiger partial charge on any atom is -0.444 e. The molecule has 1 heterocycles. The number of hydrogen-bond acceptors (Lipinski definition) is 3. The highest BCUT2D eigenvalue weighted by molar-refractivity contribution is 5.78. The minimum atomic E-state index is -0.494. The third kappa shape index (κ3) is 6.34. The molecule has 2 aromatic carbocycles. The fourth-order valence-corrected chi connectivity index (χ4v) is 3.80. The second-order valence-corrected chi connectivity index (χ2v) is 8.89. The number of carbonyl (C=O) groups is 2. The number of amides is 2. The first kappa shape index (κ1) is 21.9. The van der Waals surface area contributed by atoms with Gasteiger partial charge in [0.15, 0.2) is 0 Å². The molecule has 30 heavy (non-hydrogen) atoms. The van der Waals surface area contributed by atoms with E-state index in [1.165, 1.54) is 0 Å². The van der Waals surface area contributed by atoms with Crippen LogP contribution in [-0.2, 0) is 9.53 Å².